The molecule has 0 aromatic heterocycles. The number of carbonyl (C=O) groups is 2. The van der Waals surface area contributed by atoms with Crippen LogP contribution in [0.1, 0.15) is 17.3 Å². The number of nitrogens with one attached hydrogen (secondary N) is 2. The summed E-state index contributed by atoms with van der Waals surface area (Å²) in [6, 6.07) is 7.08. The molecule has 2 N–H and O–H groups in total. The summed E-state index contributed by atoms with van der Waals surface area (Å²) < 4.78 is 5.20. The molecule has 0 radical (unpaired) electrons. The predicted molar refractivity (Wildman–Crippen MR) is 108 cm³/mol. The van der Waals surface area contributed by atoms with E-state index in [1.165, 1.54) is 0 Å². The number of allylic oxidation sites excluding steroid dienone is 4. The Morgan fingerprint density at radius 3 is 2.89 bits per heavy atom. The molecule has 1 aromatic carbocycles. The number of halogens is 1. The molecule has 2 unspecified atom stereocenters. The number of benzene rings is 1. The lowest BCUT2D eigenvalue weighted by atomic mass is 9.65. The van der Waals surface area contributed by atoms with Gasteiger partial charge >= 0.3 is 5.97 Å². The summed E-state index contributed by atoms with van der Waals surface area (Å²) in [7, 11) is 0. The van der Waals surface area contributed by atoms with Crippen molar-refractivity contribution in [3.63, 3.8) is 0 Å². The first-order valence-electron chi connectivity index (χ1n) is 9.34. The standard InChI is InChI=1S/C22H21ClN2O3/c1-2-28-21(27)18-12-22-14(10-11-24-18)6-5-9-19(22)25-13-16(22)20(26)15-7-3-4-8-17(15)23/h3-10,12,16,24-25H,2,11,13H2,1H3. The van der Waals surface area contributed by atoms with E-state index in [1.54, 1.807) is 25.1 Å². The maximum Gasteiger partial charge on any atom is 0.354 e. The number of ketones is 1. The van der Waals surface area contributed by atoms with E-state index >= 15 is 0 Å². The van der Waals surface area contributed by atoms with Crippen molar-refractivity contribution in [2.24, 2.45) is 11.3 Å². The third kappa shape index (κ3) is 2.87. The van der Waals surface area contributed by atoms with Crippen molar-refractivity contribution in [2.45, 2.75) is 6.92 Å². The van der Waals surface area contributed by atoms with Crippen molar-refractivity contribution >= 4 is 23.4 Å². The molecule has 28 heavy (non-hydrogen) atoms. The van der Waals surface area contributed by atoms with E-state index in [4.69, 9.17) is 16.3 Å². The monoisotopic (exact) mass is 396 g/mol. The SMILES string of the molecule is CCOC(=O)C1=CC23C(=CCN1)C=CC=C2NCC3C(=O)c1ccccc1Cl. The number of hydrogen-bond donors (Lipinski definition) is 2. The second kappa shape index (κ2) is 7.32. The van der Waals surface area contributed by atoms with Crippen LogP contribution in [0.4, 0.5) is 0 Å². The number of hydrogen-bond acceptors (Lipinski definition) is 5. The van der Waals surface area contributed by atoms with Gasteiger partial charge in [-0.05, 0) is 36.8 Å². The largest absolute Gasteiger partial charge is 0.461 e. The number of Topliss-reactive ketones (excluding diaryl/α,β-unsaturated/α-hetero) is 1. The van der Waals surface area contributed by atoms with Crippen LogP contribution in [0.3, 0.4) is 0 Å². The van der Waals surface area contributed by atoms with Gasteiger partial charge in [0, 0.05) is 24.4 Å². The van der Waals surface area contributed by atoms with E-state index in [0.29, 0.717) is 29.4 Å². The minimum Gasteiger partial charge on any atom is -0.461 e. The lowest BCUT2D eigenvalue weighted by Crippen LogP contribution is -2.36. The van der Waals surface area contributed by atoms with E-state index in [1.807, 2.05) is 36.4 Å². The molecular weight excluding hydrogens is 376 g/mol. The number of carbonyl (C=O) groups excluding carboxylic acids is 2. The molecule has 3 aliphatic rings. The molecule has 2 aliphatic heterocycles. The highest BCUT2D eigenvalue weighted by Gasteiger charge is 2.52. The zero-order chi connectivity index (χ0) is 19.7. The average molecular weight is 397 g/mol. The summed E-state index contributed by atoms with van der Waals surface area (Å²) >= 11 is 6.31. The van der Waals surface area contributed by atoms with E-state index in [2.05, 4.69) is 10.6 Å². The van der Waals surface area contributed by atoms with Gasteiger partial charge in [0.2, 0.25) is 0 Å². The van der Waals surface area contributed by atoms with Gasteiger partial charge in [0.25, 0.3) is 0 Å². The zero-order valence-corrected chi connectivity index (χ0v) is 16.3. The van der Waals surface area contributed by atoms with Crippen LogP contribution in [0.25, 0.3) is 0 Å². The van der Waals surface area contributed by atoms with E-state index < -0.39 is 17.3 Å². The normalized spacial score (nSPS) is 25.1. The molecular formula is C22H21ClN2O3. The number of ether oxygens (including phenoxy) is 1. The van der Waals surface area contributed by atoms with Crippen molar-refractivity contribution in [2.75, 3.05) is 19.7 Å². The smallest absolute Gasteiger partial charge is 0.354 e. The summed E-state index contributed by atoms with van der Waals surface area (Å²) in [4.78, 5) is 26.0. The fraction of sp³-hybridized carbons (Fsp3) is 0.273. The fourth-order valence-corrected chi connectivity index (χ4v) is 4.41. The lowest BCUT2D eigenvalue weighted by Gasteiger charge is -2.35. The molecule has 6 heteroatoms. The van der Waals surface area contributed by atoms with E-state index in [-0.39, 0.29) is 12.4 Å². The quantitative estimate of drug-likeness (QED) is 0.604. The Morgan fingerprint density at radius 1 is 1.29 bits per heavy atom. The first-order valence-corrected chi connectivity index (χ1v) is 9.71. The second-order valence-corrected chi connectivity index (χ2v) is 7.31. The third-order valence-corrected chi connectivity index (χ3v) is 5.78. The third-order valence-electron chi connectivity index (χ3n) is 5.45. The highest BCUT2D eigenvalue weighted by atomic mass is 35.5. The molecule has 1 spiro atoms. The van der Waals surface area contributed by atoms with Crippen molar-refractivity contribution < 1.29 is 14.3 Å². The van der Waals surface area contributed by atoms with Crippen molar-refractivity contribution in [3.8, 4) is 0 Å². The Morgan fingerprint density at radius 2 is 2.11 bits per heavy atom. The van der Waals surface area contributed by atoms with Crippen molar-refractivity contribution in [1.29, 1.82) is 0 Å². The molecule has 1 fully saturated rings. The minimum absolute atomic E-state index is 0.0518. The van der Waals surface area contributed by atoms with Crippen LogP contribution in [0.15, 0.2) is 71.6 Å². The van der Waals surface area contributed by atoms with Gasteiger partial charge < -0.3 is 15.4 Å². The van der Waals surface area contributed by atoms with Gasteiger partial charge in [-0.1, -0.05) is 42.0 Å². The molecule has 144 valence electrons. The first kappa shape index (κ1) is 18.6. The van der Waals surface area contributed by atoms with Crippen LogP contribution in [0.5, 0.6) is 0 Å². The van der Waals surface area contributed by atoms with Gasteiger partial charge in [-0.2, -0.15) is 0 Å². The molecule has 0 saturated carbocycles. The van der Waals surface area contributed by atoms with Gasteiger partial charge in [0.15, 0.2) is 5.78 Å². The minimum atomic E-state index is -0.753. The lowest BCUT2D eigenvalue weighted by molar-refractivity contribution is -0.139. The molecule has 1 aliphatic carbocycles. The summed E-state index contributed by atoms with van der Waals surface area (Å²) in [6.07, 6.45) is 9.78. The summed E-state index contributed by atoms with van der Waals surface area (Å²) in [5.74, 6) is -0.903. The number of esters is 1. The molecule has 4 rings (SSSR count). The average Bonchev–Trinajstić information content (AvgIpc) is 2.94. The zero-order valence-electron chi connectivity index (χ0n) is 15.5. The molecule has 0 amide bonds. The summed E-state index contributed by atoms with van der Waals surface area (Å²) in [5, 5.41) is 6.92. The van der Waals surface area contributed by atoms with Crippen molar-refractivity contribution in [1.82, 2.24) is 10.6 Å². The van der Waals surface area contributed by atoms with Crippen LogP contribution in [-0.2, 0) is 9.53 Å². The molecule has 0 bridgehead atoms. The van der Waals surface area contributed by atoms with Crippen LogP contribution in [0.2, 0.25) is 5.02 Å². The Kier molecular flexibility index (Phi) is 4.85. The van der Waals surface area contributed by atoms with Gasteiger partial charge in [0.05, 0.1) is 23.0 Å². The van der Waals surface area contributed by atoms with E-state index in [9.17, 15) is 9.59 Å². The second-order valence-electron chi connectivity index (χ2n) is 6.90. The molecule has 1 saturated heterocycles. The van der Waals surface area contributed by atoms with Crippen LogP contribution in [-0.4, -0.2) is 31.4 Å². The van der Waals surface area contributed by atoms with Crippen LogP contribution < -0.4 is 10.6 Å². The Labute approximate surface area is 168 Å². The highest BCUT2D eigenvalue weighted by molar-refractivity contribution is 6.34. The van der Waals surface area contributed by atoms with Gasteiger partial charge in [0.1, 0.15) is 5.70 Å². The topological polar surface area (TPSA) is 67.4 Å². The Hall–Kier alpha value is -2.79. The van der Waals surface area contributed by atoms with Crippen LogP contribution in [0, 0.1) is 11.3 Å². The maximum absolute atomic E-state index is 13.5. The van der Waals surface area contributed by atoms with Crippen LogP contribution >= 0.6 is 11.6 Å². The van der Waals surface area contributed by atoms with E-state index in [0.717, 1.165) is 11.3 Å². The number of rotatable bonds is 4. The Balaban J connectivity index is 1.85. The first-order chi connectivity index (χ1) is 13.6. The maximum atomic E-state index is 13.5. The van der Waals surface area contributed by atoms with Crippen molar-refractivity contribution in [3.05, 3.63) is 82.2 Å². The van der Waals surface area contributed by atoms with Gasteiger partial charge in [-0.3, -0.25) is 4.79 Å². The predicted octanol–water partition coefficient (Wildman–Crippen LogP) is 3.16. The van der Waals surface area contributed by atoms with Gasteiger partial charge in [-0.25, -0.2) is 4.79 Å². The fourth-order valence-electron chi connectivity index (χ4n) is 4.18. The molecule has 5 nitrogen and oxygen atoms in total. The molecule has 2 atom stereocenters. The Bertz CT molecular complexity index is 960. The highest BCUT2D eigenvalue weighted by Crippen LogP contribution is 2.51. The van der Waals surface area contributed by atoms with Gasteiger partial charge in [-0.15, -0.1) is 0 Å². The molecule has 1 aromatic rings. The summed E-state index contributed by atoms with van der Waals surface area (Å²) in [5.41, 5.74) is 1.99. The molecule has 2 heterocycles. The summed E-state index contributed by atoms with van der Waals surface area (Å²) in [6.45, 7) is 2.99.